The van der Waals surface area contributed by atoms with Gasteiger partial charge in [0, 0.05) is 5.56 Å². The van der Waals surface area contributed by atoms with Crippen LogP contribution in [0.25, 0.3) is 0 Å². The zero-order valence-electron chi connectivity index (χ0n) is 10.7. The number of para-hydroxylation sites is 1. The molecule has 19 heavy (non-hydrogen) atoms. The van der Waals surface area contributed by atoms with Crippen molar-refractivity contribution in [1.29, 1.82) is 0 Å². The first-order chi connectivity index (χ1) is 9.28. The van der Waals surface area contributed by atoms with Crippen LogP contribution in [0.1, 0.15) is 34.6 Å². The van der Waals surface area contributed by atoms with Crippen molar-refractivity contribution in [3.63, 3.8) is 0 Å². The Kier molecular flexibility index (Phi) is 2.95. The normalized spacial score (nSPS) is 17.3. The van der Waals surface area contributed by atoms with E-state index in [4.69, 9.17) is 4.74 Å². The minimum Gasteiger partial charge on any atom is -0.466 e. The van der Waals surface area contributed by atoms with Gasteiger partial charge in [0.1, 0.15) is 5.75 Å². The summed E-state index contributed by atoms with van der Waals surface area (Å²) in [4.78, 5) is 12.0. The van der Waals surface area contributed by atoms with E-state index < -0.39 is 6.23 Å². The summed E-state index contributed by atoms with van der Waals surface area (Å²) >= 11 is 0. The van der Waals surface area contributed by atoms with Crippen molar-refractivity contribution in [1.82, 2.24) is 5.32 Å². The van der Waals surface area contributed by atoms with E-state index in [1.54, 1.807) is 6.07 Å². The number of benzene rings is 2. The van der Waals surface area contributed by atoms with Crippen molar-refractivity contribution in [3.8, 4) is 5.75 Å². The molecule has 0 aromatic heterocycles. The maximum Gasteiger partial charge on any atom is 0.258 e. The van der Waals surface area contributed by atoms with Gasteiger partial charge in [0.25, 0.3) is 5.91 Å². The Balaban J connectivity index is 1.90. The number of amides is 1. The van der Waals surface area contributed by atoms with Crippen LogP contribution in [0.2, 0.25) is 0 Å². The van der Waals surface area contributed by atoms with E-state index in [9.17, 15) is 4.79 Å². The van der Waals surface area contributed by atoms with Gasteiger partial charge in [-0.2, -0.15) is 0 Å². The number of rotatable bonds is 2. The van der Waals surface area contributed by atoms with Crippen LogP contribution < -0.4 is 10.1 Å². The molecule has 0 saturated carbocycles. The Labute approximate surface area is 112 Å². The standard InChI is InChI=1S/C16H15NO2/c1-2-11-7-9-12(10-8-11)16-17-15(18)13-5-3-4-6-14(13)19-16/h3-10,16H,2H2,1H3,(H,17,18)/t16-/m0/s1. The topological polar surface area (TPSA) is 38.3 Å². The average molecular weight is 253 g/mol. The summed E-state index contributed by atoms with van der Waals surface area (Å²) in [5, 5.41) is 2.87. The van der Waals surface area contributed by atoms with Crippen molar-refractivity contribution >= 4 is 5.91 Å². The number of ether oxygens (including phenoxy) is 1. The van der Waals surface area contributed by atoms with Gasteiger partial charge in [0.05, 0.1) is 5.56 Å². The molecule has 3 nitrogen and oxygen atoms in total. The van der Waals surface area contributed by atoms with E-state index in [1.165, 1.54) is 5.56 Å². The molecule has 0 bridgehead atoms. The number of hydrogen-bond donors (Lipinski definition) is 1. The predicted molar refractivity (Wildman–Crippen MR) is 73.1 cm³/mol. The maximum absolute atomic E-state index is 12.0. The Morgan fingerprint density at radius 1 is 1.11 bits per heavy atom. The summed E-state index contributed by atoms with van der Waals surface area (Å²) < 4.78 is 5.83. The molecule has 1 atom stereocenters. The van der Waals surface area contributed by atoms with Gasteiger partial charge in [-0.3, -0.25) is 4.79 Å². The molecule has 0 spiro atoms. The number of hydrogen-bond acceptors (Lipinski definition) is 2. The van der Waals surface area contributed by atoms with Crippen molar-refractivity contribution in [3.05, 3.63) is 65.2 Å². The van der Waals surface area contributed by atoms with E-state index in [1.807, 2.05) is 30.3 Å². The van der Waals surface area contributed by atoms with E-state index in [0.717, 1.165) is 12.0 Å². The molecule has 0 fully saturated rings. The molecule has 2 aromatic rings. The fourth-order valence-corrected chi connectivity index (χ4v) is 2.19. The second-order valence-electron chi connectivity index (χ2n) is 4.56. The van der Waals surface area contributed by atoms with Crippen LogP contribution in [0, 0.1) is 0 Å². The molecule has 96 valence electrons. The largest absolute Gasteiger partial charge is 0.466 e. The first-order valence-electron chi connectivity index (χ1n) is 6.43. The lowest BCUT2D eigenvalue weighted by molar-refractivity contribution is 0.0756. The lowest BCUT2D eigenvalue weighted by Gasteiger charge is -2.27. The molecule has 3 heteroatoms. The molecular formula is C16H15NO2. The van der Waals surface area contributed by atoms with E-state index in [2.05, 4.69) is 24.4 Å². The fraction of sp³-hybridized carbons (Fsp3) is 0.188. The van der Waals surface area contributed by atoms with Crippen LogP contribution >= 0.6 is 0 Å². The molecule has 0 unspecified atom stereocenters. The Morgan fingerprint density at radius 3 is 2.58 bits per heavy atom. The number of aryl methyl sites for hydroxylation is 1. The lowest BCUT2D eigenvalue weighted by atomic mass is 10.1. The van der Waals surface area contributed by atoms with Crippen LogP contribution in [0.15, 0.2) is 48.5 Å². The highest BCUT2D eigenvalue weighted by Crippen LogP contribution is 2.28. The quantitative estimate of drug-likeness (QED) is 0.893. The molecule has 1 N–H and O–H groups in total. The fourth-order valence-electron chi connectivity index (χ4n) is 2.19. The van der Waals surface area contributed by atoms with Gasteiger partial charge in [-0.15, -0.1) is 0 Å². The van der Waals surface area contributed by atoms with Crippen molar-refractivity contribution in [2.24, 2.45) is 0 Å². The van der Waals surface area contributed by atoms with Crippen LogP contribution in [0.5, 0.6) is 5.75 Å². The second-order valence-corrected chi connectivity index (χ2v) is 4.56. The highest BCUT2D eigenvalue weighted by molar-refractivity contribution is 5.97. The maximum atomic E-state index is 12.0. The van der Waals surface area contributed by atoms with E-state index in [0.29, 0.717) is 11.3 Å². The van der Waals surface area contributed by atoms with Crippen molar-refractivity contribution in [2.75, 3.05) is 0 Å². The van der Waals surface area contributed by atoms with Gasteiger partial charge >= 0.3 is 0 Å². The van der Waals surface area contributed by atoms with Crippen LogP contribution in [0.3, 0.4) is 0 Å². The van der Waals surface area contributed by atoms with Gasteiger partial charge in [-0.05, 0) is 24.1 Å². The molecule has 1 aliphatic heterocycles. The summed E-state index contributed by atoms with van der Waals surface area (Å²) in [6.07, 6.45) is 0.592. The summed E-state index contributed by atoms with van der Waals surface area (Å²) in [6, 6.07) is 15.4. The smallest absolute Gasteiger partial charge is 0.258 e. The molecule has 1 amide bonds. The third kappa shape index (κ3) is 2.19. The van der Waals surface area contributed by atoms with E-state index in [-0.39, 0.29) is 5.91 Å². The minimum absolute atomic E-state index is 0.0913. The zero-order valence-corrected chi connectivity index (χ0v) is 10.7. The van der Waals surface area contributed by atoms with E-state index >= 15 is 0 Å². The lowest BCUT2D eigenvalue weighted by Crippen LogP contribution is -2.36. The Morgan fingerprint density at radius 2 is 1.84 bits per heavy atom. The van der Waals surface area contributed by atoms with Gasteiger partial charge in [-0.1, -0.05) is 43.3 Å². The minimum atomic E-state index is -0.409. The van der Waals surface area contributed by atoms with Crippen molar-refractivity contribution in [2.45, 2.75) is 19.6 Å². The van der Waals surface area contributed by atoms with Crippen molar-refractivity contribution < 1.29 is 9.53 Å². The highest BCUT2D eigenvalue weighted by atomic mass is 16.5. The highest BCUT2D eigenvalue weighted by Gasteiger charge is 2.25. The molecule has 2 aromatic carbocycles. The third-order valence-electron chi connectivity index (χ3n) is 3.33. The van der Waals surface area contributed by atoms with Crippen LogP contribution in [-0.2, 0) is 6.42 Å². The van der Waals surface area contributed by atoms with Crippen LogP contribution in [0.4, 0.5) is 0 Å². The second kappa shape index (κ2) is 4.76. The molecule has 1 heterocycles. The summed E-state index contributed by atoms with van der Waals surface area (Å²) in [5.74, 6) is 0.544. The van der Waals surface area contributed by atoms with Gasteiger partial charge in [0.15, 0.2) is 6.23 Å². The Hall–Kier alpha value is -2.29. The molecule has 0 saturated heterocycles. The monoisotopic (exact) mass is 253 g/mol. The average Bonchev–Trinajstić information content (AvgIpc) is 2.47. The van der Waals surface area contributed by atoms with Gasteiger partial charge in [0.2, 0.25) is 0 Å². The summed E-state index contributed by atoms with van der Waals surface area (Å²) in [5.41, 5.74) is 2.82. The molecular weight excluding hydrogens is 238 g/mol. The first kappa shape index (κ1) is 11.8. The third-order valence-corrected chi connectivity index (χ3v) is 3.33. The van der Waals surface area contributed by atoms with Gasteiger partial charge in [-0.25, -0.2) is 0 Å². The van der Waals surface area contributed by atoms with Gasteiger partial charge < -0.3 is 10.1 Å². The molecule has 1 aliphatic rings. The molecule has 3 rings (SSSR count). The SMILES string of the molecule is CCc1ccc([C@H]2NC(=O)c3ccccc3O2)cc1. The number of fused-ring (bicyclic) bond motifs is 1. The zero-order chi connectivity index (χ0) is 13.2. The summed E-state index contributed by atoms with van der Waals surface area (Å²) in [6.45, 7) is 2.12. The number of carbonyl (C=O) groups is 1. The summed E-state index contributed by atoms with van der Waals surface area (Å²) in [7, 11) is 0. The molecule has 0 aliphatic carbocycles. The molecule has 0 radical (unpaired) electrons. The Bertz CT molecular complexity index is 604. The number of carbonyl (C=O) groups excluding carboxylic acids is 1. The van der Waals surface area contributed by atoms with Crippen LogP contribution in [-0.4, -0.2) is 5.91 Å². The first-order valence-corrected chi connectivity index (χ1v) is 6.43. The predicted octanol–water partition coefficient (Wildman–Crippen LogP) is 3.07. The number of nitrogens with one attached hydrogen (secondary N) is 1.